The van der Waals surface area contributed by atoms with E-state index < -0.39 is 0 Å². The topological polar surface area (TPSA) is 69.5 Å². The molecule has 7 nitrogen and oxygen atoms in total. The van der Waals surface area contributed by atoms with Gasteiger partial charge in [-0.25, -0.2) is 20.4 Å². The number of carbonyl (C=O) groups excluding carboxylic acids is 1. The number of guanidine groups is 1. The van der Waals surface area contributed by atoms with E-state index >= 15 is 0 Å². The highest BCUT2D eigenvalue weighted by molar-refractivity contribution is 6.05. The predicted octanol–water partition coefficient (Wildman–Crippen LogP) is 2.14. The van der Waals surface area contributed by atoms with Crippen LogP contribution in [-0.2, 0) is 4.74 Å². The molecule has 7 heteroatoms. The third kappa shape index (κ3) is 3.52. The van der Waals surface area contributed by atoms with E-state index in [4.69, 9.17) is 4.74 Å². The van der Waals surface area contributed by atoms with E-state index in [-0.39, 0.29) is 12.0 Å². The summed E-state index contributed by atoms with van der Waals surface area (Å²) in [6.07, 6.45) is 1.78. The fraction of sp³-hybridized carbons (Fsp3) is 0.450. The van der Waals surface area contributed by atoms with E-state index in [0.717, 1.165) is 17.0 Å². The highest BCUT2D eigenvalue weighted by Gasteiger charge is 2.34. The summed E-state index contributed by atoms with van der Waals surface area (Å²) < 4.78 is 6.00. The summed E-state index contributed by atoms with van der Waals surface area (Å²) in [5.74, 6) is 1.10. The summed E-state index contributed by atoms with van der Waals surface area (Å²) in [6.45, 7) is 8.33. The van der Waals surface area contributed by atoms with Crippen molar-refractivity contribution in [2.45, 2.75) is 32.8 Å². The van der Waals surface area contributed by atoms with Gasteiger partial charge in [0.1, 0.15) is 12.8 Å². The Morgan fingerprint density at radius 2 is 2.22 bits per heavy atom. The summed E-state index contributed by atoms with van der Waals surface area (Å²) in [6, 6.07) is 7.92. The Kier molecular flexibility index (Phi) is 4.80. The zero-order valence-electron chi connectivity index (χ0n) is 16.0. The maximum atomic E-state index is 13.1. The summed E-state index contributed by atoms with van der Waals surface area (Å²) in [5.41, 5.74) is 6.94. The highest BCUT2D eigenvalue weighted by atomic mass is 16.5. The van der Waals surface area contributed by atoms with Gasteiger partial charge >= 0.3 is 0 Å². The van der Waals surface area contributed by atoms with Gasteiger partial charge in [-0.3, -0.25) is 4.79 Å². The fourth-order valence-electron chi connectivity index (χ4n) is 3.54. The van der Waals surface area contributed by atoms with Gasteiger partial charge in [-0.2, -0.15) is 0 Å². The highest BCUT2D eigenvalue weighted by Crippen LogP contribution is 2.23. The van der Waals surface area contributed by atoms with Crippen LogP contribution in [0.5, 0.6) is 0 Å². The largest absolute Gasteiger partial charge is 0.368 e. The number of aliphatic imine (C=N–C) groups is 2. The number of nitrogens with one attached hydrogen (secondary N) is 1. The number of amides is 1. The molecule has 27 heavy (non-hydrogen) atoms. The Hall–Kier alpha value is -2.51. The van der Waals surface area contributed by atoms with Crippen LogP contribution in [0.4, 0.5) is 0 Å². The minimum absolute atomic E-state index is 0.0517. The zero-order chi connectivity index (χ0) is 19.0. The molecule has 4 rings (SSSR count). The van der Waals surface area contributed by atoms with Crippen molar-refractivity contribution < 1.29 is 9.53 Å². The lowest BCUT2D eigenvalue weighted by Gasteiger charge is -2.37. The SMILES string of the molecule is CC1=NC2=NCNN2C(C2CN(C(=O)c3cccc(C(C)C)c3)CCO2)=C1. The lowest BCUT2D eigenvalue weighted by atomic mass is 10.0. The third-order valence-corrected chi connectivity index (χ3v) is 5.02. The number of hydrogen-bond donors (Lipinski definition) is 1. The van der Waals surface area contributed by atoms with Crippen LogP contribution >= 0.6 is 0 Å². The van der Waals surface area contributed by atoms with E-state index in [1.165, 1.54) is 5.56 Å². The molecule has 0 aromatic heterocycles. The Morgan fingerprint density at radius 3 is 3.04 bits per heavy atom. The minimum Gasteiger partial charge on any atom is -0.368 e. The molecule has 3 aliphatic heterocycles. The summed E-state index contributed by atoms with van der Waals surface area (Å²) in [7, 11) is 0. The van der Waals surface area contributed by atoms with Crippen molar-refractivity contribution in [1.82, 2.24) is 15.3 Å². The van der Waals surface area contributed by atoms with E-state index in [0.29, 0.717) is 38.2 Å². The van der Waals surface area contributed by atoms with E-state index in [1.54, 1.807) is 0 Å². The van der Waals surface area contributed by atoms with Gasteiger partial charge in [0.15, 0.2) is 0 Å². The number of carbonyl (C=O) groups is 1. The van der Waals surface area contributed by atoms with Gasteiger partial charge in [0, 0.05) is 17.8 Å². The number of benzene rings is 1. The van der Waals surface area contributed by atoms with Gasteiger partial charge in [0.25, 0.3) is 5.91 Å². The molecule has 1 saturated heterocycles. The average molecular weight is 367 g/mol. The molecule has 0 saturated carbocycles. The summed E-state index contributed by atoms with van der Waals surface area (Å²) in [4.78, 5) is 23.7. The fourth-order valence-corrected chi connectivity index (χ4v) is 3.54. The van der Waals surface area contributed by atoms with E-state index in [2.05, 4.69) is 35.3 Å². The molecule has 1 N–H and O–H groups in total. The molecule has 1 aromatic carbocycles. The number of rotatable bonds is 3. The van der Waals surface area contributed by atoms with Crippen molar-refractivity contribution in [3.05, 3.63) is 47.2 Å². The van der Waals surface area contributed by atoms with Gasteiger partial charge < -0.3 is 9.64 Å². The minimum atomic E-state index is -0.211. The zero-order valence-corrected chi connectivity index (χ0v) is 16.0. The third-order valence-electron chi connectivity index (χ3n) is 5.02. The Bertz CT molecular complexity index is 843. The van der Waals surface area contributed by atoms with Gasteiger partial charge in [-0.05, 0) is 36.6 Å². The van der Waals surface area contributed by atoms with Crippen molar-refractivity contribution in [2.24, 2.45) is 9.98 Å². The van der Waals surface area contributed by atoms with E-state index in [1.807, 2.05) is 41.1 Å². The van der Waals surface area contributed by atoms with Crippen LogP contribution in [0.2, 0.25) is 0 Å². The van der Waals surface area contributed by atoms with Gasteiger partial charge in [0.05, 0.1) is 18.8 Å². The van der Waals surface area contributed by atoms with Crippen LogP contribution < -0.4 is 5.43 Å². The maximum Gasteiger partial charge on any atom is 0.254 e. The molecule has 1 unspecified atom stereocenters. The first-order valence-corrected chi connectivity index (χ1v) is 9.39. The molecular formula is C20H25N5O2. The van der Waals surface area contributed by atoms with E-state index in [9.17, 15) is 4.79 Å². The molecule has 3 aliphatic rings. The van der Waals surface area contributed by atoms with Gasteiger partial charge in [-0.1, -0.05) is 26.0 Å². The molecule has 0 spiro atoms. The van der Waals surface area contributed by atoms with Crippen LogP contribution in [0.1, 0.15) is 42.6 Å². The van der Waals surface area contributed by atoms with Gasteiger partial charge in [-0.15, -0.1) is 0 Å². The molecular weight excluding hydrogens is 342 g/mol. The molecule has 142 valence electrons. The molecule has 3 heterocycles. The molecule has 1 aromatic rings. The standard InChI is InChI=1S/C20H25N5O2/c1-13(2)15-5-4-6-16(10-15)19(26)24-7-8-27-18(11-24)17-9-14(3)23-20-21-12-22-25(17)20/h4-6,9-10,13,18,22H,7-8,11-12H2,1-3H3. The van der Waals surface area contributed by atoms with Crippen LogP contribution in [0.15, 0.2) is 46.0 Å². The van der Waals surface area contributed by atoms with Crippen LogP contribution in [-0.4, -0.2) is 60.0 Å². The number of hydrazine groups is 1. The molecule has 0 bridgehead atoms. The maximum absolute atomic E-state index is 13.1. The lowest BCUT2D eigenvalue weighted by Crippen LogP contribution is -2.51. The second kappa shape index (κ2) is 7.25. The average Bonchev–Trinajstić information content (AvgIpc) is 3.15. The number of nitrogens with zero attached hydrogens (tertiary/aromatic N) is 4. The summed E-state index contributed by atoms with van der Waals surface area (Å²) >= 11 is 0. The molecule has 0 radical (unpaired) electrons. The van der Waals surface area contributed by atoms with Crippen LogP contribution in [0, 0.1) is 0 Å². The van der Waals surface area contributed by atoms with Crippen molar-refractivity contribution in [3.8, 4) is 0 Å². The second-order valence-corrected chi connectivity index (χ2v) is 7.32. The normalized spacial score (nSPS) is 22.4. The van der Waals surface area contributed by atoms with Crippen molar-refractivity contribution in [3.63, 3.8) is 0 Å². The summed E-state index contributed by atoms with van der Waals surface area (Å²) in [5, 5.41) is 1.87. The smallest absolute Gasteiger partial charge is 0.254 e. The number of ether oxygens (including phenoxy) is 1. The first kappa shape index (κ1) is 17.9. The number of allylic oxidation sites excluding steroid dienone is 1. The van der Waals surface area contributed by atoms with Crippen LogP contribution in [0.3, 0.4) is 0 Å². The first-order valence-electron chi connectivity index (χ1n) is 9.39. The monoisotopic (exact) mass is 367 g/mol. The number of fused-ring (bicyclic) bond motifs is 1. The predicted molar refractivity (Wildman–Crippen MR) is 105 cm³/mol. The lowest BCUT2D eigenvalue weighted by molar-refractivity contribution is -0.0138. The Labute approximate surface area is 159 Å². The van der Waals surface area contributed by atoms with Crippen molar-refractivity contribution in [2.75, 3.05) is 26.4 Å². The molecule has 0 aliphatic carbocycles. The second-order valence-electron chi connectivity index (χ2n) is 7.32. The molecule has 1 atom stereocenters. The molecule has 1 amide bonds. The Morgan fingerprint density at radius 1 is 1.37 bits per heavy atom. The Balaban J connectivity index is 1.53. The van der Waals surface area contributed by atoms with Crippen molar-refractivity contribution >= 4 is 17.6 Å². The number of hydrogen-bond acceptors (Lipinski definition) is 6. The molecule has 1 fully saturated rings. The van der Waals surface area contributed by atoms with Gasteiger partial charge in [0.2, 0.25) is 5.96 Å². The first-order chi connectivity index (χ1) is 13.0. The van der Waals surface area contributed by atoms with Crippen molar-refractivity contribution in [1.29, 1.82) is 0 Å². The van der Waals surface area contributed by atoms with Crippen LogP contribution in [0.25, 0.3) is 0 Å². The quantitative estimate of drug-likeness (QED) is 0.889. The number of morpholine rings is 1.